The van der Waals surface area contributed by atoms with Crippen LogP contribution in [0.5, 0.6) is 0 Å². The number of piperazine rings is 1. The van der Waals surface area contributed by atoms with E-state index in [0.29, 0.717) is 43.8 Å². The van der Waals surface area contributed by atoms with Gasteiger partial charge in [-0.3, -0.25) is 9.59 Å². The quantitative estimate of drug-likeness (QED) is 0.719. The number of nitrogens with zero attached hydrogens (tertiary/aromatic N) is 5. The lowest BCUT2D eigenvalue weighted by molar-refractivity contribution is 0.0744. The van der Waals surface area contributed by atoms with Gasteiger partial charge in [0.1, 0.15) is 11.4 Å². The number of hydrogen-bond donors (Lipinski definition) is 1. The number of hydrogen-bond acceptors (Lipinski definition) is 7. The summed E-state index contributed by atoms with van der Waals surface area (Å²) in [5.74, 6) is 2.30. The maximum atomic E-state index is 12.6. The second-order valence-corrected chi connectivity index (χ2v) is 7.33. The van der Waals surface area contributed by atoms with E-state index in [0.717, 1.165) is 24.2 Å². The largest absolute Gasteiger partial charge is 0.353 e. The first kappa shape index (κ1) is 17.6. The van der Waals surface area contributed by atoms with Gasteiger partial charge in [0.15, 0.2) is 0 Å². The highest BCUT2D eigenvalue weighted by atomic mass is 16.5. The summed E-state index contributed by atoms with van der Waals surface area (Å²) in [5.41, 5.74) is 0.638. The number of pyridine rings is 2. The van der Waals surface area contributed by atoms with Crippen molar-refractivity contribution < 1.29 is 9.32 Å². The fourth-order valence-corrected chi connectivity index (χ4v) is 3.45. The summed E-state index contributed by atoms with van der Waals surface area (Å²) < 4.78 is 5.31. The summed E-state index contributed by atoms with van der Waals surface area (Å²) in [4.78, 5) is 39.8. The van der Waals surface area contributed by atoms with E-state index in [4.69, 9.17) is 4.52 Å². The maximum absolute atomic E-state index is 12.6. The average Bonchev–Trinajstić information content (AvgIpc) is 3.50. The predicted octanol–water partition coefficient (Wildman–Crippen LogP) is 1.66. The SMILES string of the molecule is O=C(c1ccc[nH]c1=O)N1CCN(c2ccc(-c3noc(C4CC4)n3)cn2)CC1. The zero-order valence-corrected chi connectivity index (χ0v) is 15.7. The smallest absolute Gasteiger partial charge is 0.260 e. The van der Waals surface area contributed by atoms with Gasteiger partial charge < -0.3 is 19.3 Å². The number of anilines is 1. The first-order valence-corrected chi connectivity index (χ1v) is 9.71. The lowest BCUT2D eigenvalue weighted by atomic mass is 10.2. The molecular formula is C20H20N6O3. The van der Waals surface area contributed by atoms with Crippen molar-refractivity contribution in [3.8, 4) is 11.4 Å². The number of carbonyl (C=O) groups is 1. The van der Waals surface area contributed by atoms with Crippen molar-refractivity contribution in [3.63, 3.8) is 0 Å². The highest BCUT2D eigenvalue weighted by Gasteiger charge is 2.30. The van der Waals surface area contributed by atoms with Gasteiger partial charge in [0.2, 0.25) is 11.7 Å². The van der Waals surface area contributed by atoms with Crippen LogP contribution in [0.1, 0.15) is 35.0 Å². The molecule has 5 rings (SSSR count). The molecule has 1 aliphatic carbocycles. The van der Waals surface area contributed by atoms with Gasteiger partial charge in [0.05, 0.1) is 0 Å². The second-order valence-electron chi connectivity index (χ2n) is 7.33. The molecule has 9 heteroatoms. The van der Waals surface area contributed by atoms with Crippen molar-refractivity contribution in [3.05, 3.63) is 58.5 Å². The van der Waals surface area contributed by atoms with E-state index in [1.54, 1.807) is 23.2 Å². The topological polar surface area (TPSA) is 108 Å². The molecule has 0 unspecified atom stereocenters. The highest BCUT2D eigenvalue weighted by molar-refractivity contribution is 5.94. The fourth-order valence-electron chi connectivity index (χ4n) is 3.45. The third kappa shape index (κ3) is 3.51. The summed E-state index contributed by atoms with van der Waals surface area (Å²) in [5, 5.41) is 4.04. The van der Waals surface area contributed by atoms with Crippen molar-refractivity contribution in [2.45, 2.75) is 18.8 Å². The number of rotatable bonds is 4. The third-order valence-electron chi connectivity index (χ3n) is 5.31. The van der Waals surface area contributed by atoms with E-state index in [9.17, 15) is 9.59 Å². The Labute approximate surface area is 166 Å². The van der Waals surface area contributed by atoms with Crippen LogP contribution < -0.4 is 10.5 Å². The molecule has 3 aromatic rings. The fraction of sp³-hybridized carbons (Fsp3) is 0.350. The molecule has 1 amide bonds. The lowest BCUT2D eigenvalue weighted by Crippen LogP contribution is -2.49. The molecule has 1 saturated heterocycles. The van der Waals surface area contributed by atoms with Crippen LogP contribution in [0.3, 0.4) is 0 Å². The number of nitrogens with one attached hydrogen (secondary N) is 1. The molecule has 2 fully saturated rings. The zero-order valence-electron chi connectivity index (χ0n) is 15.7. The summed E-state index contributed by atoms with van der Waals surface area (Å²) in [6.07, 6.45) is 5.50. The van der Waals surface area contributed by atoms with Gasteiger partial charge in [0.25, 0.3) is 11.5 Å². The predicted molar refractivity (Wildman–Crippen MR) is 105 cm³/mol. The first-order chi connectivity index (χ1) is 14.2. The zero-order chi connectivity index (χ0) is 19.8. The van der Waals surface area contributed by atoms with E-state index in [1.165, 1.54) is 6.20 Å². The molecule has 0 aromatic carbocycles. The van der Waals surface area contributed by atoms with E-state index < -0.39 is 0 Å². The number of carbonyl (C=O) groups excluding carboxylic acids is 1. The average molecular weight is 392 g/mol. The number of aromatic nitrogens is 4. The van der Waals surface area contributed by atoms with Crippen LogP contribution in [-0.4, -0.2) is 57.1 Å². The Balaban J connectivity index is 1.23. The van der Waals surface area contributed by atoms with Gasteiger partial charge in [-0.25, -0.2) is 4.98 Å². The van der Waals surface area contributed by atoms with Gasteiger partial charge >= 0.3 is 0 Å². The van der Waals surface area contributed by atoms with Crippen molar-refractivity contribution in [2.24, 2.45) is 0 Å². The molecule has 1 saturated carbocycles. The second kappa shape index (κ2) is 7.16. The van der Waals surface area contributed by atoms with Crippen molar-refractivity contribution in [1.29, 1.82) is 0 Å². The standard InChI is InChI=1S/C20H20N6O3/c27-18-15(2-1-7-21-18)20(28)26-10-8-25(9-11-26)16-6-5-14(12-22-16)17-23-19(29-24-17)13-3-4-13/h1-2,5-7,12-13H,3-4,8-11H2,(H,21,27). The molecule has 2 aliphatic rings. The van der Waals surface area contributed by atoms with Gasteiger partial charge in [0, 0.05) is 50.1 Å². The van der Waals surface area contributed by atoms with Crippen LogP contribution in [0.4, 0.5) is 5.82 Å². The highest BCUT2D eigenvalue weighted by Crippen LogP contribution is 2.39. The van der Waals surface area contributed by atoms with Crippen LogP contribution in [0.25, 0.3) is 11.4 Å². The van der Waals surface area contributed by atoms with Crippen LogP contribution in [-0.2, 0) is 0 Å². The Morgan fingerprint density at radius 1 is 1.14 bits per heavy atom. The summed E-state index contributed by atoms with van der Waals surface area (Å²) in [7, 11) is 0. The molecule has 1 aliphatic heterocycles. The molecule has 0 spiro atoms. The minimum Gasteiger partial charge on any atom is -0.353 e. The van der Waals surface area contributed by atoms with E-state index in [-0.39, 0.29) is 17.0 Å². The van der Waals surface area contributed by atoms with Crippen molar-refractivity contribution in [2.75, 3.05) is 31.1 Å². The van der Waals surface area contributed by atoms with Crippen LogP contribution >= 0.6 is 0 Å². The minimum atomic E-state index is -0.358. The molecule has 0 radical (unpaired) electrons. The van der Waals surface area contributed by atoms with Crippen LogP contribution in [0.15, 0.2) is 46.0 Å². The van der Waals surface area contributed by atoms with Gasteiger partial charge in [-0.15, -0.1) is 0 Å². The Bertz CT molecular complexity index is 1080. The molecule has 4 heterocycles. The Morgan fingerprint density at radius 2 is 1.97 bits per heavy atom. The van der Waals surface area contributed by atoms with Gasteiger partial charge in [-0.05, 0) is 37.1 Å². The van der Waals surface area contributed by atoms with Crippen LogP contribution in [0, 0.1) is 0 Å². The Kier molecular flexibility index (Phi) is 4.34. The monoisotopic (exact) mass is 392 g/mol. The van der Waals surface area contributed by atoms with Gasteiger partial charge in [-0.2, -0.15) is 4.98 Å². The maximum Gasteiger partial charge on any atom is 0.260 e. The van der Waals surface area contributed by atoms with E-state index in [2.05, 4.69) is 25.0 Å². The van der Waals surface area contributed by atoms with E-state index >= 15 is 0 Å². The molecule has 0 bridgehead atoms. The summed E-state index contributed by atoms with van der Waals surface area (Å²) in [6, 6.07) is 7.08. The summed E-state index contributed by atoms with van der Waals surface area (Å²) in [6.45, 7) is 2.37. The van der Waals surface area contributed by atoms with E-state index in [1.807, 2.05) is 12.1 Å². The van der Waals surface area contributed by atoms with Crippen molar-refractivity contribution in [1.82, 2.24) is 25.0 Å². The Morgan fingerprint density at radius 3 is 2.66 bits per heavy atom. The third-order valence-corrected chi connectivity index (χ3v) is 5.31. The first-order valence-electron chi connectivity index (χ1n) is 9.71. The molecule has 3 aromatic heterocycles. The number of aromatic amines is 1. The molecule has 148 valence electrons. The molecule has 29 heavy (non-hydrogen) atoms. The summed E-state index contributed by atoms with van der Waals surface area (Å²) >= 11 is 0. The lowest BCUT2D eigenvalue weighted by Gasteiger charge is -2.35. The molecule has 9 nitrogen and oxygen atoms in total. The normalized spacial score (nSPS) is 16.8. The number of amides is 1. The van der Waals surface area contributed by atoms with Gasteiger partial charge in [-0.1, -0.05) is 5.16 Å². The number of H-pyrrole nitrogens is 1. The minimum absolute atomic E-state index is 0.175. The van der Waals surface area contributed by atoms with Crippen molar-refractivity contribution >= 4 is 11.7 Å². The molecular weight excluding hydrogens is 372 g/mol. The molecule has 0 atom stereocenters. The Hall–Kier alpha value is -3.49. The van der Waals surface area contributed by atoms with Crippen LogP contribution in [0.2, 0.25) is 0 Å². The molecule has 1 N–H and O–H groups in total.